The van der Waals surface area contributed by atoms with Crippen LogP contribution in [0.2, 0.25) is 0 Å². The molecule has 1 aromatic rings. The lowest BCUT2D eigenvalue weighted by molar-refractivity contribution is -0.150. The van der Waals surface area contributed by atoms with Gasteiger partial charge in [0.15, 0.2) is 11.4 Å². The fourth-order valence-corrected chi connectivity index (χ4v) is 4.97. The number of ketones is 2. The number of amides is 2. The largest absolute Gasteiger partial charge is 0.508 e. The number of benzene rings is 1. The maximum absolute atomic E-state index is 13.5. The van der Waals surface area contributed by atoms with Gasteiger partial charge in [-0.1, -0.05) is 12.1 Å². The highest BCUT2D eigenvalue weighted by atomic mass is 16.5. The van der Waals surface area contributed by atoms with Crippen molar-refractivity contribution in [1.82, 2.24) is 5.32 Å². The topological polar surface area (TPSA) is 196 Å². The Morgan fingerprint density at radius 1 is 1.22 bits per heavy atom. The number of rotatable bonds is 2. The normalized spacial score (nSPS) is 29.1. The third-order valence-corrected chi connectivity index (χ3v) is 6.40. The van der Waals surface area contributed by atoms with Gasteiger partial charge in [0.1, 0.15) is 28.9 Å². The molecular formula is C21H20N2O9. The molecule has 7 N–H and O–H groups in total. The van der Waals surface area contributed by atoms with Crippen LogP contribution in [0.3, 0.4) is 0 Å². The third-order valence-electron chi connectivity index (χ3n) is 6.40. The zero-order chi connectivity index (χ0) is 23.5. The standard InChI is InChI=1S/C21H20N2O9/c1-32-20(30)23-14-9-6-8-5-7-3-2-4-10(24)11(7)15(25)12(8)17(27)21(9,31)18(28)13(16(14)26)19(22)29/h2-4,8-9,14,24-25,28,31H,5-6H2,1H3,(H2,22,29)(H,23,30)/t8-,9-,14+,21-/m0/s1. The summed E-state index contributed by atoms with van der Waals surface area (Å²) >= 11 is 0. The lowest BCUT2D eigenvalue weighted by atomic mass is 9.57. The van der Waals surface area contributed by atoms with Gasteiger partial charge in [-0.15, -0.1) is 0 Å². The number of aromatic hydroxyl groups is 1. The van der Waals surface area contributed by atoms with Crippen molar-refractivity contribution in [2.45, 2.75) is 24.5 Å². The molecule has 1 saturated carbocycles. The van der Waals surface area contributed by atoms with E-state index in [4.69, 9.17) is 5.73 Å². The highest BCUT2D eigenvalue weighted by molar-refractivity contribution is 6.24. The zero-order valence-corrected chi connectivity index (χ0v) is 16.8. The minimum absolute atomic E-state index is 0.0175. The van der Waals surface area contributed by atoms with Gasteiger partial charge in [-0.05, 0) is 30.4 Å². The van der Waals surface area contributed by atoms with Crippen LogP contribution < -0.4 is 11.1 Å². The van der Waals surface area contributed by atoms with E-state index in [0.29, 0.717) is 5.56 Å². The number of phenols is 1. The van der Waals surface area contributed by atoms with Crippen molar-refractivity contribution in [2.75, 3.05) is 7.11 Å². The molecule has 0 heterocycles. The van der Waals surface area contributed by atoms with E-state index in [1.54, 1.807) is 12.1 Å². The van der Waals surface area contributed by atoms with Crippen LogP contribution in [0, 0.1) is 11.8 Å². The lowest BCUT2D eigenvalue weighted by Gasteiger charge is -2.48. The molecule has 1 aromatic carbocycles. The van der Waals surface area contributed by atoms with E-state index >= 15 is 0 Å². The van der Waals surface area contributed by atoms with E-state index in [9.17, 15) is 39.6 Å². The van der Waals surface area contributed by atoms with Gasteiger partial charge in [0.05, 0.1) is 12.7 Å². The van der Waals surface area contributed by atoms with Gasteiger partial charge >= 0.3 is 6.09 Å². The van der Waals surface area contributed by atoms with Gasteiger partial charge in [0.25, 0.3) is 5.91 Å². The first kappa shape index (κ1) is 21.4. The van der Waals surface area contributed by atoms with E-state index in [-0.39, 0.29) is 29.7 Å². The molecule has 1 fully saturated rings. The molecule has 11 nitrogen and oxygen atoms in total. The van der Waals surface area contributed by atoms with Gasteiger partial charge in [0, 0.05) is 11.5 Å². The van der Waals surface area contributed by atoms with Gasteiger partial charge < -0.3 is 36.2 Å². The lowest BCUT2D eigenvalue weighted by Crippen LogP contribution is -2.66. The minimum atomic E-state index is -2.83. The predicted octanol–water partition coefficient (Wildman–Crippen LogP) is -0.242. The number of hydrogen-bond acceptors (Lipinski definition) is 9. The van der Waals surface area contributed by atoms with Crippen LogP contribution in [0.25, 0.3) is 5.76 Å². The van der Waals surface area contributed by atoms with E-state index in [2.05, 4.69) is 10.1 Å². The summed E-state index contributed by atoms with van der Waals surface area (Å²) < 4.78 is 4.51. The highest BCUT2D eigenvalue weighted by Gasteiger charge is 2.64. The Labute approximate surface area is 180 Å². The Morgan fingerprint density at radius 2 is 1.91 bits per heavy atom. The summed E-state index contributed by atoms with van der Waals surface area (Å²) in [4.78, 5) is 50.1. The first-order valence-electron chi connectivity index (χ1n) is 9.67. The number of ether oxygens (including phenoxy) is 1. The Morgan fingerprint density at radius 3 is 2.53 bits per heavy atom. The summed E-state index contributed by atoms with van der Waals surface area (Å²) in [5, 5.41) is 45.2. The average Bonchev–Trinajstić information content (AvgIpc) is 2.73. The first-order chi connectivity index (χ1) is 15.0. The molecule has 0 saturated heterocycles. The number of hydrogen-bond donors (Lipinski definition) is 6. The molecule has 0 aromatic heterocycles. The smallest absolute Gasteiger partial charge is 0.407 e. The van der Waals surface area contributed by atoms with E-state index in [1.807, 2.05) is 0 Å². The van der Waals surface area contributed by atoms with Crippen LogP contribution in [-0.2, 0) is 25.5 Å². The Bertz CT molecular complexity index is 1150. The van der Waals surface area contributed by atoms with Crippen molar-refractivity contribution in [1.29, 1.82) is 0 Å². The Kier molecular flexibility index (Phi) is 4.74. The van der Waals surface area contributed by atoms with E-state index in [1.165, 1.54) is 6.07 Å². The molecule has 2 amide bonds. The molecule has 0 unspecified atom stereocenters. The number of nitrogens with one attached hydrogen (secondary N) is 1. The second-order valence-electron chi connectivity index (χ2n) is 7.98. The third kappa shape index (κ3) is 2.71. The molecule has 32 heavy (non-hydrogen) atoms. The summed E-state index contributed by atoms with van der Waals surface area (Å²) in [6, 6.07) is 2.92. The summed E-state index contributed by atoms with van der Waals surface area (Å²) in [6.45, 7) is 0. The van der Waals surface area contributed by atoms with Gasteiger partial charge in [0.2, 0.25) is 5.78 Å². The molecule has 11 heteroatoms. The van der Waals surface area contributed by atoms with Crippen LogP contribution in [0.15, 0.2) is 35.1 Å². The average molecular weight is 444 g/mol. The van der Waals surface area contributed by atoms with Gasteiger partial charge in [-0.2, -0.15) is 0 Å². The Balaban J connectivity index is 1.94. The van der Waals surface area contributed by atoms with Gasteiger partial charge in [-0.25, -0.2) is 4.79 Å². The second-order valence-corrected chi connectivity index (χ2v) is 7.98. The van der Waals surface area contributed by atoms with Crippen molar-refractivity contribution in [3.63, 3.8) is 0 Å². The maximum atomic E-state index is 13.5. The SMILES string of the molecule is COC(=O)N[C@H]1C(=O)C(C(N)=O)=C(O)[C@@]2(O)C(=O)C3=C(O)c4c(O)cccc4C[C@H]3C[C@@H]12. The molecule has 3 aliphatic carbocycles. The summed E-state index contributed by atoms with van der Waals surface area (Å²) in [5.41, 5.74) is 1.63. The summed E-state index contributed by atoms with van der Waals surface area (Å²) in [7, 11) is 1.03. The molecule has 168 valence electrons. The van der Waals surface area contributed by atoms with Crippen molar-refractivity contribution in [2.24, 2.45) is 17.6 Å². The summed E-state index contributed by atoms with van der Waals surface area (Å²) in [5.74, 6) is -7.84. The van der Waals surface area contributed by atoms with Crippen LogP contribution in [0.5, 0.6) is 5.75 Å². The molecule has 4 rings (SSSR count). The predicted molar refractivity (Wildman–Crippen MR) is 106 cm³/mol. The van der Waals surface area contributed by atoms with Crippen molar-refractivity contribution >= 4 is 29.3 Å². The van der Waals surface area contributed by atoms with E-state index in [0.717, 1.165) is 7.11 Å². The van der Waals surface area contributed by atoms with Crippen molar-refractivity contribution < 1.29 is 44.3 Å². The zero-order valence-electron chi connectivity index (χ0n) is 16.8. The van der Waals surface area contributed by atoms with Gasteiger partial charge in [-0.3, -0.25) is 14.4 Å². The quantitative estimate of drug-likeness (QED) is 0.333. The van der Waals surface area contributed by atoms with Crippen molar-refractivity contribution in [3.05, 3.63) is 46.2 Å². The first-order valence-corrected chi connectivity index (χ1v) is 9.67. The van der Waals surface area contributed by atoms with Crippen LogP contribution in [-0.4, -0.2) is 62.7 Å². The summed E-state index contributed by atoms with van der Waals surface area (Å²) in [6.07, 6.45) is -1.02. The van der Waals surface area contributed by atoms with E-state index < -0.39 is 64.1 Å². The van der Waals surface area contributed by atoms with Crippen LogP contribution in [0.4, 0.5) is 4.79 Å². The molecule has 0 aliphatic heterocycles. The number of carbonyl (C=O) groups excluding carboxylic acids is 4. The molecule has 0 radical (unpaired) electrons. The molecular weight excluding hydrogens is 424 g/mol. The number of phenolic OH excluding ortho intramolecular Hbond substituents is 1. The molecule has 4 atom stereocenters. The monoisotopic (exact) mass is 444 g/mol. The number of fused-ring (bicyclic) bond motifs is 3. The number of alkyl carbamates (subject to hydrolysis) is 1. The van der Waals surface area contributed by atoms with Crippen LogP contribution in [0.1, 0.15) is 17.5 Å². The molecule has 0 spiro atoms. The molecule has 3 aliphatic rings. The molecule has 0 bridgehead atoms. The fraction of sp³-hybridized carbons (Fsp3) is 0.333. The maximum Gasteiger partial charge on any atom is 0.407 e. The fourth-order valence-electron chi connectivity index (χ4n) is 4.97. The number of carbonyl (C=O) groups is 4. The second kappa shape index (κ2) is 7.09. The van der Waals surface area contributed by atoms with Crippen molar-refractivity contribution in [3.8, 4) is 5.75 Å². The number of aliphatic hydroxyl groups is 3. The number of aliphatic hydroxyl groups excluding tert-OH is 2. The minimum Gasteiger partial charge on any atom is -0.508 e. The van der Waals surface area contributed by atoms with Crippen LogP contribution >= 0.6 is 0 Å². The highest BCUT2D eigenvalue weighted by Crippen LogP contribution is 2.51. The number of Topliss-reactive ketones (excluding diaryl/α,β-unsaturated/α-hetero) is 2. The Hall–Kier alpha value is -3.86. The number of primary amides is 1. The number of nitrogens with two attached hydrogens (primary N) is 1. The number of methoxy groups -OCH3 is 1.